The Morgan fingerprint density at radius 1 is 1.19 bits per heavy atom. The largest absolute Gasteiger partial charge is 0.507 e. The summed E-state index contributed by atoms with van der Waals surface area (Å²) in [4.78, 5) is 10.9. The van der Waals surface area contributed by atoms with Gasteiger partial charge in [-0.3, -0.25) is 4.99 Å². The van der Waals surface area contributed by atoms with Gasteiger partial charge in [-0.1, -0.05) is 12.1 Å². The van der Waals surface area contributed by atoms with E-state index in [9.17, 15) is 5.11 Å². The number of anilines is 2. The van der Waals surface area contributed by atoms with Crippen LogP contribution >= 0.6 is 15.9 Å². The van der Waals surface area contributed by atoms with E-state index in [1.54, 1.807) is 19.2 Å². The van der Waals surface area contributed by atoms with Gasteiger partial charge in [-0.25, -0.2) is 4.98 Å². The van der Waals surface area contributed by atoms with Crippen LogP contribution in [0.15, 0.2) is 58.1 Å². The Labute approximate surface area is 189 Å². The van der Waals surface area contributed by atoms with E-state index >= 15 is 0 Å². The molecule has 0 aliphatic carbocycles. The van der Waals surface area contributed by atoms with Gasteiger partial charge < -0.3 is 21.1 Å². The first-order valence-electron chi connectivity index (χ1n) is 10.1. The first-order valence-corrected chi connectivity index (χ1v) is 10.9. The molecule has 0 saturated carbocycles. The van der Waals surface area contributed by atoms with Crippen molar-refractivity contribution >= 4 is 33.3 Å². The van der Waals surface area contributed by atoms with Crippen molar-refractivity contribution < 1.29 is 5.11 Å². The lowest BCUT2D eigenvalue weighted by molar-refractivity contribution is 0.477. The molecule has 0 unspecified atom stereocenters. The summed E-state index contributed by atoms with van der Waals surface area (Å²) in [5.41, 5.74) is 8.53. The fourth-order valence-corrected chi connectivity index (χ4v) is 3.88. The van der Waals surface area contributed by atoms with Crippen LogP contribution in [0.25, 0.3) is 11.3 Å². The lowest BCUT2D eigenvalue weighted by Crippen LogP contribution is -2.40. The number of aliphatic imine (C=N–C) groups is 1. The van der Waals surface area contributed by atoms with E-state index in [4.69, 9.17) is 5.73 Å². The van der Waals surface area contributed by atoms with Crippen molar-refractivity contribution in [1.29, 1.82) is 0 Å². The van der Waals surface area contributed by atoms with Crippen molar-refractivity contribution in [2.24, 2.45) is 10.7 Å². The summed E-state index contributed by atoms with van der Waals surface area (Å²) in [6.07, 6.45) is 3.70. The van der Waals surface area contributed by atoms with Gasteiger partial charge in [0.15, 0.2) is 5.69 Å². The Bertz CT molecular complexity index is 1080. The maximum absolute atomic E-state index is 10.2. The van der Waals surface area contributed by atoms with Crippen LogP contribution in [-0.4, -0.2) is 52.3 Å². The zero-order chi connectivity index (χ0) is 21.8. The van der Waals surface area contributed by atoms with Gasteiger partial charge in [-0.15, -0.1) is 10.2 Å². The molecule has 1 saturated heterocycles. The Morgan fingerprint density at radius 3 is 2.65 bits per heavy atom. The Balaban J connectivity index is 1.53. The molecule has 1 aromatic carbocycles. The van der Waals surface area contributed by atoms with Gasteiger partial charge in [0, 0.05) is 42.4 Å². The number of phenols is 1. The predicted octanol–water partition coefficient (Wildman–Crippen LogP) is 3.42. The van der Waals surface area contributed by atoms with Crippen LogP contribution in [0.4, 0.5) is 11.5 Å². The van der Waals surface area contributed by atoms with Crippen LogP contribution in [0.5, 0.6) is 5.75 Å². The molecule has 0 amide bonds. The average molecular weight is 482 g/mol. The highest BCUT2D eigenvalue weighted by Crippen LogP contribution is 2.30. The van der Waals surface area contributed by atoms with Gasteiger partial charge in [-0.05, 0) is 59.1 Å². The molecule has 1 aliphatic heterocycles. The molecule has 3 heterocycles. The van der Waals surface area contributed by atoms with E-state index in [0.29, 0.717) is 22.8 Å². The number of piperidine rings is 1. The van der Waals surface area contributed by atoms with Gasteiger partial charge >= 0.3 is 0 Å². The number of rotatable bonds is 5. The third-order valence-corrected chi connectivity index (χ3v) is 5.82. The Morgan fingerprint density at radius 2 is 1.97 bits per heavy atom. The lowest BCUT2D eigenvalue weighted by atomic mass is 10.0. The molecule has 2 aromatic heterocycles. The number of nitrogens with zero attached hydrogens (tertiary/aromatic N) is 5. The molecule has 0 spiro atoms. The second-order valence-electron chi connectivity index (χ2n) is 7.36. The first kappa shape index (κ1) is 21.0. The highest BCUT2D eigenvalue weighted by Gasteiger charge is 2.22. The molecular formula is C22H24BrN7O. The molecule has 4 N–H and O–H groups in total. The van der Waals surface area contributed by atoms with Crippen molar-refractivity contribution in [2.75, 3.05) is 30.4 Å². The number of nitrogens with two attached hydrogens (primary N) is 1. The highest BCUT2D eigenvalue weighted by molar-refractivity contribution is 9.10. The number of pyridine rings is 1. The molecule has 9 heteroatoms. The molecule has 0 atom stereocenters. The van der Waals surface area contributed by atoms with Crippen molar-refractivity contribution in [3.8, 4) is 17.0 Å². The number of aromatic nitrogens is 3. The number of nitrogens with one attached hydrogen (secondary N) is 1. The molecular weight excluding hydrogens is 458 g/mol. The second kappa shape index (κ2) is 9.30. The Hall–Kier alpha value is -3.20. The third-order valence-electron chi connectivity index (χ3n) is 5.35. The van der Waals surface area contributed by atoms with Gasteiger partial charge in [0.25, 0.3) is 0 Å². The maximum Gasteiger partial charge on any atom is 0.150 e. The first-order chi connectivity index (χ1) is 15.0. The van der Waals surface area contributed by atoms with Crippen molar-refractivity contribution in [1.82, 2.24) is 15.2 Å². The van der Waals surface area contributed by atoms with Crippen molar-refractivity contribution in [3.63, 3.8) is 0 Å². The molecule has 3 aromatic rings. The molecule has 1 fully saturated rings. The lowest BCUT2D eigenvalue weighted by Gasteiger charge is -2.33. The molecule has 0 radical (unpaired) electrons. The monoisotopic (exact) mass is 481 g/mol. The summed E-state index contributed by atoms with van der Waals surface area (Å²) >= 11 is 3.43. The average Bonchev–Trinajstić information content (AvgIpc) is 2.80. The van der Waals surface area contributed by atoms with Gasteiger partial charge in [0.1, 0.15) is 17.4 Å². The summed E-state index contributed by atoms with van der Waals surface area (Å²) in [5.74, 6) is 1.45. The maximum atomic E-state index is 10.2. The quantitative estimate of drug-likeness (QED) is 0.377. The molecule has 0 bridgehead atoms. The smallest absolute Gasteiger partial charge is 0.150 e. The molecule has 8 nitrogen and oxygen atoms in total. The van der Waals surface area contributed by atoms with Gasteiger partial charge in [0.2, 0.25) is 0 Å². The number of halogens is 1. The molecule has 31 heavy (non-hydrogen) atoms. The minimum atomic E-state index is 0.155. The van der Waals surface area contributed by atoms with Crippen LogP contribution in [0.3, 0.4) is 0 Å². The number of amidine groups is 1. The fraction of sp³-hybridized carbons (Fsp3) is 0.273. The summed E-state index contributed by atoms with van der Waals surface area (Å²) in [7, 11) is 1.63. The van der Waals surface area contributed by atoms with Crippen LogP contribution in [0.2, 0.25) is 0 Å². The van der Waals surface area contributed by atoms with E-state index < -0.39 is 0 Å². The van der Waals surface area contributed by atoms with Crippen LogP contribution in [0, 0.1) is 0 Å². The van der Waals surface area contributed by atoms with E-state index in [1.165, 1.54) is 0 Å². The van der Waals surface area contributed by atoms with Crippen molar-refractivity contribution in [2.45, 2.75) is 18.9 Å². The van der Waals surface area contributed by atoms with E-state index in [0.717, 1.165) is 41.9 Å². The number of hydrogen-bond acceptors (Lipinski definition) is 7. The zero-order valence-electron chi connectivity index (χ0n) is 17.2. The summed E-state index contributed by atoms with van der Waals surface area (Å²) in [6.45, 7) is 1.79. The molecule has 1 aliphatic rings. The fourth-order valence-electron chi connectivity index (χ4n) is 3.65. The summed E-state index contributed by atoms with van der Waals surface area (Å²) in [6, 6.07) is 13.2. The normalized spacial score (nSPS) is 15.2. The summed E-state index contributed by atoms with van der Waals surface area (Å²) in [5, 5.41) is 22.3. The van der Waals surface area contributed by atoms with E-state index in [2.05, 4.69) is 46.3 Å². The number of benzene rings is 1. The van der Waals surface area contributed by atoms with E-state index in [-0.39, 0.29) is 11.8 Å². The number of phenolic OH excluding ortho intramolecular Hbond substituents is 1. The molecule has 160 valence electrons. The number of hydrogen-bond donors (Lipinski definition) is 3. The minimum Gasteiger partial charge on any atom is -0.507 e. The summed E-state index contributed by atoms with van der Waals surface area (Å²) < 4.78 is 0.973. The Kier molecular flexibility index (Phi) is 6.31. The van der Waals surface area contributed by atoms with Gasteiger partial charge in [-0.2, -0.15) is 0 Å². The van der Waals surface area contributed by atoms with Crippen molar-refractivity contribution in [3.05, 3.63) is 58.8 Å². The molecule has 4 rings (SSSR count). The standard InChI is InChI=1S/C22H24BrN7O/c1-25-22(24)21-18(12-17(28-29-21)16-4-2-3-5-19(16)31)27-15-8-10-30(11-9-15)20-7-6-14(23)13-26-20/h2-7,12-13,15,31H,8-11H2,1H3,(H2,24,25)(H,27,28). The van der Waals surface area contributed by atoms with E-state index in [1.807, 2.05) is 36.5 Å². The SMILES string of the molecule is CN=C(N)c1nnc(-c2ccccc2O)cc1NC1CCN(c2ccc(Br)cn2)CC1. The zero-order valence-corrected chi connectivity index (χ0v) is 18.7. The highest BCUT2D eigenvalue weighted by atomic mass is 79.9. The van der Waals surface area contributed by atoms with Gasteiger partial charge in [0.05, 0.1) is 11.4 Å². The second-order valence-corrected chi connectivity index (χ2v) is 8.27. The van der Waals surface area contributed by atoms with Crippen LogP contribution in [0.1, 0.15) is 18.5 Å². The predicted molar refractivity (Wildman–Crippen MR) is 127 cm³/mol. The van der Waals surface area contributed by atoms with Crippen LogP contribution < -0.4 is 16.0 Å². The number of para-hydroxylation sites is 1. The third kappa shape index (κ3) is 4.77. The van der Waals surface area contributed by atoms with Crippen LogP contribution in [-0.2, 0) is 0 Å². The topological polar surface area (TPSA) is 113 Å². The number of aromatic hydroxyl groups is 1. The minimum absolute atomic E-state index is 0.155.